The number of unbranched alkanes of at least 4 members (excludes halogenated alkanes) is 18. The van der Waals surface area contributed by atoms with Gasteiger partial charge in [0.1, 0.15) is 36.8 Å². The molecule has 1 aliphatic rings. The van der Waals surface area contributed by atoms with Gasteiger partial charge in [0, 0.05) is 12.8 Å². The minimum atomic E-state index is -4.62. The maximum absolute atomic E-state index is 15.5. The minimum absolute atomic E-state index is 0.0303. The highest BCUT2D eigenvalue weighted by atomic mass is 31.2. The maximum Gasteiger partial charge on any atom is 0.459 e. The van der Waals surface area contributed by atoms with Gasteiger partial charge in [0.25, 0.3) is 0 Å². The number of nitrogen functional groups attached to an aromatic ring is 1. The number of nitrogens with two attached hydrogens (primary N) is 1. The smallest absolute Gasteiger partial charge is 0.459 e. The molecule has 3 N–H and O–H groups in total. The molecule has 5 atom stereocenters. The summed E-state index contributed by atoms with van der Waals surface area (Å²) in [4.78, 5) is 39.9. The second kappa shape index (κ2) is 31.7. The molecule has 396 valence electrons. The number of fused-ring (bicyclic) bond motifs is 1. The zero-order chi connectivity index (χ0) is 51.4. The molecule has 0 radical (unpaired) electrons. The molecule has 2 aromatic carbocycles. The Kier molecular flexibility index (Phi) is 25.5. The van der Waals surface area contributed by atoms with E-state index in [1.54, 1.807) is 30.3 Å². The monoisotopic (exact) mass is 1020 g/mol. The number of hydrogen-bond donors (Lipinski definition) is 2. The van der Waals surface area contributed by atoms with Crippen molar-refractivity contribution in [3.63, 3.8) is 0 Å². The van der Waals surface area contributed by atoms with Crippen molar-refractivity contribution >= 4 is 36.7 Å². The predicted molar refractivity (Wildman–Crippen MR) is 281 cm³/mol. The van der Waals surface area contributed by atoms with Crippen LogP contribution in [0.1, 0.15) is 193 Å². The number of para-hydroxylation sites is 1. The Morgan fingerprint density at radius 2 is 1.39 bits per heavy atom. The first-order valence-corrected chi connectivity index (χ1v) is 28.6. The zero-order valence-corrected chi connectivity index (χ0v) is 44.2. The number of aromatic nitrogens is 4. The fourth-order valence-corrected chi connectivity index (χ4v) is 10.7. The lowest BCUT2D eigenvalue weighted by molar-refractivity contribution is -0.158. The van der Waals surface area contributed by atoms with E-state index < -0.39 is 56.3 Å². The molecule has 14 nitrogen and oxygen atoms in total. The highest BCUT2D eigenvalue weighted by molar-refractivity contribution is 7.52. The van der Waals surface area contributed by atoms with Gasteiger partial charge in [0.05, 0.1) is 6.33 Å². The van der Waals surface area contributed by atoms with E-state index >= 15 is 4.57 Å². The van der Waals surface area contributed by atoms with Crippen LogP contribution in [0.25, 0.3) is 11.2 Å². The second-order valence-electron chi connectivity index (χ2n) is 19.3. The number of benzene rings is 2. The van der Waals surface area contributed by atoms with E-state index in [9.17, 15) is 14.0 Å². The largest absolute Gasteiger partial charge is 0.461 e. The van der Waals surface area contributed by atoms with Crippen LogP contribution in [0.3, 0.4) is 0 Å². The summed E-state index contributed by atoms with van der Waals surface area (Å²) < 4.78 is 63.0. The first-order chi connectivity index (χ1) is 35.0. The number of ether oxygens (including phenoxy) is 3. The van der Waals surface area contributed by atoms with Gasteiger partial charge in [0.2, 0.25) is 0 Å². The van der Waals surface area contributed by atoms with Crippen LogP contribution < -0.4 is 15.3 Å². The van der Waals surface area contributed by atoms with Gasteiger partial charge < -0.3 is 24.5 Å². The second-order valence-corrected chi connectivity index (χ2v) is 21.0. The Morgan fingerprint density at radius 1 is 0.833 bits per heavy atom. The summed E-state index contributed by atoms with van der Waals surface area (Å²) in [6, 6.07) is 16.7. The number of halogens is 1. The fourth-order valence-electron chi connectivity index (χ4n) is 9.20. The third-order valence-corrected chi connectivity index (χ3v) is 14.9. The van der Waals surface area contributed by atoms with Gasteiger partial charge in [-0.05, 0) is 56.2 Å². The molecule has 3 heterocycles. The molecule has 4 aromatic rings. The summed E-state index contributed by atoms with van der Waals surface area (Å²) in [6.45, 7) is 5.86. The minimum Gasteiger partial charge on any atom is -0.461 e. The molecular weight excluding hydrogens is 935 g/mol. The predicted octanol–water partition coefficient (Wildman–Crippen LogP) is 13.5. The molecular formula is C56H82FN6O8P. The number of hydrogen-bond acceptors (Lipinski definition) is 12. The Morgan fingerprint density at radius 3 is 1.97 bits per heavy atom. The van der Waals surface area contributed by atoms with Gasteiger partial charge in [0.15, 0.2) is 22.6 Å². The number of imidazole rings is 1. The summed E-state index contributed by atoms with van der Waals surface area (Å²) in [5.74, 6) is 1.56. The molecule has 0 unspecified atom stereocenters. The molecule has 72 heavy (non-hydrogen) atoms. The molecule has 2 aromatic heterocycles. The molecule has 1 fully saturated rings. The summed E-state index contributed by atoms with van der Waals surface area (Å²) in [6.07, 6.45) is 29.3. The van der Waals surface area contributed by atoms with Gasteiger partial charge >= 0.3 is 25.8 Å². The molecule has 16 heteroatoms. The average molecular weight is 1020 g/mol. The maximum atomic E-state index is 15.5. The third kappa shape index (κ3) is 19.2. The van der Waals surface area contributed by atoms with E-state index in [2.05, 4.69) is 39.8 Å². The first kappa shape index (κ1) is 58.0. The number of carbonyl (C=O) groups excluding carboxylic acids is 2. The zero-order valence-electron chi connectivity index (χ0n) is 43.3. The highest BCUT2D eigenvalue weighted by Gasteiger charge is 2.53. The highest BCUT2D eigenvalue weighted by Crippen LogP contribution is 2.49. The van der Waals surface area contributed by atoms with Crippen molar-refractivity contribution in [3.8, 4) is 18.1 Å². The van der Waals surface area contributed by atoms with Crippen molar-refractivity contribution in [3.05, 3.63) is 78.6 Å². The lowest BCUT2D eigenvalue weighted by Crippen LogP contribution is -2.46. The van der Waals surface area contributed by atoms with Crippen LogP contribution in [0, 0.1) is 18.4 Å². The van der Waals surface area contributed by atoms with Crippen LogP contribution in [0.2, 0.25) is 0 Å². The number of carbonyl (C=O) groups is 2. The number of nitrogens with one attached hydrogen (secondary N) is 1. The molecule has 0 aliphatic carbocycles. The van der Waals surface area contributed by atoms with Gasteiger partial charge in [-0.15, -0.1) is 6.42 Å². The Balaban J connectivity index is 1.39. The lowest BCUT2D eigenvalue weighted by Gasteiger charge is -2.31. The Bertz CT molecular complexity index is 2260. The molecule has 0 bridgehead atoms. The van der Waals surface area contributed by atoms with Crippen molar-refractivity contribution in [2.45, 2.75) is 218 Å². The van der Waals surface area contributed by atoms with Crippen LogP contribution in [0.15, 0.2) is 67.0 Å². The van der Waals surface area contributed by atoms with Crippen LogP contribution in [0.5, 0.6) is 5.75 Å². The number of esters is 2. The summed E-state index contributed by atoms with van der Waals surface area (Å²) in [5, 5.41) is 2.99. The number of terminal acetylenes is 1. The SMILES string of the molecule is C#C[C@]1(CO[P@@](=O)(N[C@@H](Cc2ccccc2)C(=O)OC(CCCCCCCCCCC)CCCCCCCCCCC)Oc2ccccc2)O[C@@H](n2cnc3c(N)nc(F)nc32)C[C@@H]1OC(=O)CCCCC. The van der Waals surface area contributed by atoms with Crippen molar-refractivity contribution in [1.82, 2.24) is 24.6 Å². The molecule has 0 amide bonds. The van der Waals surface area contributed by atoms with E-state index in [1.165, 1.54) is 87.9 Å². The van der Waals surface area contributed by atoms with Crippen LogP contribution >= 0.6 is 7.75 Å². The Hall–Kier alpha value is -4.87. The van der Waals surface area contributed by atoms with Crippen LogP contribution in [-0.2, 0) is 39.3 Å². The Labute approximate surface area is 428 Å². The molecule has 1 saturated heterocycles. The number of anilines is 1. The lowest BCUT2D eigenvalue weighted by atomic mass is 9.98. The van der Waals surface area contributed by atoms with E-state index in [4.69, 9.17) is 35.4 Å². The van der Waals surface area contributed by atoms with E-state index in [-0.39, 0.29) is 48.1 Å². The van der Waals surface area contributed by atoms with E-state index in [0.717, 1.165) is 69.8 Å². The van der Waals surface area contributed by atoms with E-state index in [1.807, 2.05) is 37.3 Å². The van der Waals surface area contributed by atoms with Crippen LogP contribution in [0.4, 0.5) is 10.2 Å². The fraction of sp³-hybridized carbons (Fsp3) is 0.625. The quantitative estimate of drug-likeness (QED) is 0.0143. The molecule has 0 spiro atoms. The van der Waals surface area contributed by atoms with Gasteiger partial charge in [-0.2, -0.15) is 19.4 Å². The van der Waals surface area contributed by atoms with Crippen molar-refractivity contribution in [2.75, 3.05) is 12.3 Å². The van der Waals surface area contributed by atoms with Gasteiger partial charge in [-0.3, -0.25) is 18.7 Å². The normalized spacial score (nSPS) is 17.9. The topological polar surface area (TPSA) is 179 Å². The van der Waals surface area contributed by atoms with Crippen molar-refractivity contribution < 1.29 is 41.8 Å². The summed E-state index contributed by atoms with van der Waals surface area (Å²) in [7, 11) is -4.62. The van der Waals surface area contributed by atoms with E-state index in [0.29, 0.717) is 6.42 Å². The summed E-state index contributed by atoms with van der Waals surface area (Å²) >= 11 is 0. The number of rotatable bonds is 37. The molecule has 0 saturated carbocycles. The van der Waals surface area contributed by atoms with Crippen LogP contribution in [-0.4, -0.2) is 61.9 Å². The first-order valence-electron chi connectivity index (χ1n) is 27.0. The average Bonchev–Trinajstić information content (AvgIpc) is 3.96. The number of nitrogens with zero attached hydrogens (tertiary/aromatic N) is 4. The molecule has 5 rings (SSSR count). The third-order valence-electron chi connectivity index (χ3n) is 13.4. The van der Waals surface area contributed by atoms with Crippen molar-refractivity contribution in [1.29, 1.82) is 0 Å². The standard InChI is InChI=1S/C56H82FN6O8P/c1-5-9-12-14-16-18-20-22-29-35-45(36-30-23-21-19-17-15-13-10-6-2)68-54(65)47(40-44-33-27-24-28-34-44)62-72(66,71-46-37-31-25-32-38-46)67-42-56(8-4)48(69-50(64)39-26-11-7-3)41-49(70-56)63-43-59-51-52(58)60-55(57)61-53(51)63/h4,24-25,27-28,31-34,37-38,43,45,47-49H,5-7,9-23,26,29-30,35-36,39-42H2,1-3H3,(H,62,66)(H2,58,60,61)/t47-,48-,49+,56+,72-/m0/s1. The van der Waals surface area contributed by atoms with Gasteiger partial charge in [-0.25, -0.2) is 9.55 Å². The molecule has 1 aliphatic heterocycles. The van der Waals surface area contributed by atoms with Crippen molar-refractivity contribution in [2.24, 2.45) is 0 Å². The van der Waals surface area contributed by atoms with Gasteiger partial charge in [-0.1, -0.05) is 191 Å². The summed E-state index contributed by atoms with van der Waals surface area (Å²) in [5.41, 5.74) is 5.07.